The highest BCUT2D eigenvalue weighted by atomic mass is 28.4. The quantitative estimate of drug-likeness (QED) is 0.412. The second kappa shape index (κ2) is 9.32. The Morgan fingerprint density at radius 1 is 1.14 bits per heavy atom. The highest BCUT2D eigenvalue weighted by Gasteiger charge is 2.50. The molecule has 0 unspecified atom stereocenters. The van der Waals surface area contributed by atoms with Crippen LogP contribution in [0.2, 0.25) is 18.1 Å². The lowest BCUT2D eigenvalue weighted by Gasteiger charge is -2.49. The number of ether oxygens (including phenoxy) is 2. The Kier molecular flexibility index (Phi) is 7.74. The first-order chi connectivity index (χ1) is 13.4. The van der Waals surface area contributed by atoms with Crippen molar-refractivity contribution >= 4 is 14.3 Å². The van der Waals surface area contributed by atoms with Gasteiger partial charge in [0.2, 0.25) is 0 Å². The number of carbonyl (C=O) groups is 1. The van der Waals surface area contributed by atoms with Crippen LogP contribution in [-0.2, 0) is 25.3 Å². The van der Waals surface area contributed by atoms with E-state index >= 15 is 0 Å². The zero-order valence-corrected chi connectivity index (χ0v) is 20.6. The molecule has 0 amide bonds. The van der Waals surface area contributed by atoms with Crippen molar-refractivity contribution in [3.63, 3.8) is 0 Å². The Hall–Kier alpha value is -1.17. The molecule has 4 nitrogen and oxygen atoms in total. The van der Waals surface area contributed by atoms with Crippen LogP contribution < -0.4 is 0 Å². The molecule has 0 N–H and O–H groups in total. The first-order valence-corrected chi connectivity index (χ1v) is 13.6. The van der Waals surface area contributed by atoms with E-state index in [0.717, 1.165) is 18.4 Å². The maximum Gasteiger partial charge on any atom is 0.311 e. The summed E-state index contributed by atoms with van der Waals surface area (Å²) in [5.74, 6) is -0.238. The average molecular weight is 421 g/mol. The first-order valence-electron chi connectivity index (χ1n) is 10.7. The fourth-order valence-corrected chi connectivity index (χ4v) is 5.46. The smallest absolute Gasteiger partial charge is 0.311 e. The molecular formula is C24H40O4Si. The molecule has 1 saturated carbocycles. The summed E-state index contributed by atoms with van der Waals surface area (Å²) in [4.78, 5) is 12.7. The van der Waals surface area contributed by atoms with E-state index in [2.05, 4.69) is 59.8 Å². The summed E-state index contributed by atoms with van der Waals surface area (Å²) in [6.07, 6.45) is 1.61. The van der Waals surface area contributed by atoms with E-state index in [9.17, 15) is 4.79 Å². The number of methoxy groups -OCH3 is 1. The second-order valence-electron chi connectivity index (χ2n) is 10.8. The lowest BCUT2D eigenvalue weighted by atomic mass is 9.66. The van der Waals surface area contributed by atoms with Crippen molar-refractivity contribution in [1.82, 2.24) is 0 Å². The van der Waals surface area contributed by atoms with Crippen molar-refractivity contribution < 1.29 is 18.7 Å². The van der Waals surface area contributed by atoms with Gasteiger partial charge in [-0.25, -0.2) is 0 Å². The van der Waals surface area contributed by atoms with Crippen molar-refractivity contribution in [2.45, 2.75) is 78.3 Å². The fraction of sp³-hybridized carbons (Fsp3) is 0.708. The van der Waals surface area contributed by atoms with Crippen molar-refractivity contribution in [1.29, 1.82) is 0 Å². The van der Waals surface area contributed by atoms with Crippen LogP contribution in [0.1, 0.15) is 53.0 Å². The molecule has 1 aromatic rings. The molecule has 0 bridgehead atoms. The van der Waals surface area contributed by atoms with E-state index in [1.807, 2.05) is 18.2 Å². The summed E-state index contributed by atoms with van der Waals surface area (Å²) in [5, 5.41) is 0.0794. The van der Waals surface area contributed by atoms with Gasteiger partial charge in [0, 0.05) is 5.92 Å². The minimum absolute atomic E-state index is 0.0485. The standard InChI is InChI=1S/C24H40O4Si/c1-23(2,3)29(7,8)28-21-19(17-27-16-18-12-10-9-11-13-18)14-24(4,5)15-20(21)22(25)26-6/h9-13,19-21H,14-17H2,1-8H3/t19-,20-,21-/m1/s1. The zero-order chi connectivity index (χ0) is 21.9. The zero-order valence-electron chi connectivity index (χ0n) is 19.6. The molecule has 3 atom stereocenters. The van der Waals surface area contributed by atoms with Crippen LogP contribution in [0.15, 0.2) is 30.3 Å². The van der Waals surface area contributed by atoms with Gasteiger partial charge in [-0.15, -0.1) is 0 Å². The lowest BCUT2D eigenvalue weighted by molar-refractivity contribution is -0.157. The third-order valence-corrected chi connectivity index (χ3v) is 11.1. The topological polar surface area (TPSA) is 44.8 Å². The van der Waals surface area contributed by atoms with Gasteiger partial charge in [-0.05, 0) is 42.0 Å². The molecule has 0 saturated heterocycles. The minimum atomic E-state index is -2.05. The number of hydrogen-bond acceptors (Lipinski definition) is 4. The Labute approximate surface area is 178 Å². The molecule has 1 aliphatic rings. The third-order valence-electron chi connectivity index (χ3n) is 6.63. The van der Waals surface area contributed by atoms with Crippen LogP contribution in [0.25, 0.3) is 0 Å². The Bertz CT molecular complexity index is 663. The van der Waals surface area contributed by atoms with Crippen LogP contribution in [0, 0.1) is 17.3 Å². The van der Waals surface area contributed by atoms with E-state index in [-0.39, 0.29) is 34.4 Å². The third kappa shape index (κ3) is 6.40. The number of esters is 1. The average Bonchev–Trinajstić information content (AvgIpc) is 2.62. The molecule has 29 heavy (non-hydrogen) atoms. The van der Waals surface area contributed by atoms with Gasteiger partial charge in [-0.3, -0.25) is 4.79 Å². The summed E-state index contributed by atoms with van der Waals surface area (Å²) >= 11 is 0. The highest BCUT2D eigenvalue weighted by Crippen LogP contribution is 2.47. The van der Waals surface area contributed by atoms with Crippen molar-refractivity contribution in [2.24, 2.45) is 17.3 Å². The molecule has 0 spiro atoms. The molecule has 2 rings (SSSR count). The van der Waals surface area contributed by atoms with Gasteiger partial charge in [-0.2, -0.15) is 0 Å². The lowest BCUT2D eigenvalue weighted by Crippen LogP contribution is -2.54. The second-order valence-corrected chi connectivity index (χ2v) is 15.6. The van der Waals surface area contributed by atoms with E-state index in [0.29, 0.717) is 13.2 Å². The predicted molar refractivity (Wildman–Crippen MR) is 120 cm³/mol. The first kappa shape index (κ1) is 24.1. The number of benzene rings is 1. The van der Waals surface area contributed by atoms with Gasteiger partial charge in [0.1, 0.15) is 0 Å². The summed E-state index contributed by atoms with van der Waals surface area (Å²) in [6, 6.07) is 10.2. The molecule has 0 heterocycles. The molecule has 164 valence electrons. The normalized spacial score (nSPS) is 24.9. The van der Waals surface area contributed by atoms with Crippen LogP contribution in [0.3, 0.4) is 0 Å². The van der Waals surface area contributed by atoms with E-state index < -0.39 is 8.32 Å². The predicted octanol–water partition coefficient (Wildman–Crippen LogP) is 5.82. The molecule has 0 radical (unpaired) electrons. The van der Waals surface area contributed by atoms with Gasteiger partial charge in [-0.1, -0.05) is 65.0 Å². The van der Waals surface area contributed by atoms with Gasteiger partial charge in [0.05, 0.1) is 32.3 Å². The van der Waals surface area contributed by atoms with E-state index in [1.165, 1.54) is 7.11 Å². The van der Waals surface area contributed by atoms with Gasteiger partial charge in [0.15, 0.2) is 8.32 Å². The van der Waals surface area contributed by atoms with Gasteiger partial charge >= 0.3 is 5.97 Å². The monoisotopic (exact) mass is 420 g/mol. The van der Waals surface area contributed by atoms with Gasteiger partial charge < -0.3 is 13.9 Å². The van der Waals surface area contributed by atoms with Crippen LogP contribution in [0.5, 0.6) is 0 Å². The van der Waals surface area contributed by atoms with Crippen molar-refractivity contribution in [3.05, 3.63) is 35.9 Å². The van der Waals surface area contributed by atoms with Crippen molar-refractivity contribution in [2.75, 3.05) is 13.7 Å². The summed E-state index contributed by atoms with van der Waals surface area (Å²) in [5.41, 5.74) is 1.21. The van der Waals surface area contributed by atoms with Crippen LogP contribution >= 0.6 is 0 Å². The van der Waals surface area contributed by atoms with Crippen LogP contribution in [0.4, 0.5) is 0 Å². The molecule has 1 aromatic carbocycles. The van der Waals surface area contributed by atoms with E-state index in [4.69, 9.17) is 13.9 Å². The minimum Gasteiger partial charge on any atom is -0.469 e. The number of carbonyl (C=O) groups excluding carboxylic acids is 1. The number of hydrogen-bond donors (Lipinski definition) is 0. The van der Waals surface area contributed by atoms with E-state index in [1.54, 1.807) is 0 Å². The Balaban J connectivity index is 2.22. The molecule has 5 heteroatoms. The molecule has 0 aliphatic heterocycles. The Morgan fingerprint density at radius 3 is 2.31 bits per heavy atom. The SMILES string of the molecule is COC(=O)[C@@H]1CC(C)(C)C[C@H](COCc2ccccc2)[C@H]1O[Si](C)(C)C(C)(C)C. The van der Waals surface area contributed by atoms with Crippen LogP contribution in [-0.4, -0.2) is 34.1 Å². The number of rotatable bonds is 7. The van der Waals surface area contributed by atoms with Crippen molar-refractivity contribution in [3.8, 4) is 0 Å². The maximum atomic E-state index is 12.7. The summed E-state index contributed by atoms with van der Waals surface area (Å²) < 4.78 is 18.2. The molecule has 1 fully saturated rings. The van der Waals surface area contributed by atoms with Gasteiger partial charge in [0.25, 0.3) is 0 Å². The Morgan fingerprint density at radius 2 is 1.76 bits per heavy atom. The molecule has 0 aromatic heterocycles. The fourth-order valence-electron chi connectivity index (χ4n) is 4.07. The largest absolute Gasteiger partial charge is 0.469 e. The molecular weight excluding hydrogens is 380 g/mol. The summed E-state index contributed by atoms with van der Waals surface area (Å²) in [7, 11) is -0.567. The summed E-state index contributed by atoms with van der Waals surface area (Å²) in [6.45, 7) is 16.8. The maximum absolute atomic E-state index is 12.7. The molecule has 1 aliphatic carbocycles. The highest BCUT2D eigenvalue weighted by molar-refractivity contribution is 6.74.